The molecule has 10 heteroatoms. The van der Waals surface area contributed by atoms with E-state index < -0.39 is 0 Å². The summed E-state index contributed by atoms with van der Waals surface area (Å²) in [6.45, 7) is 5.19. The van der Waals surface area contributed by atoms with Gasteiger partial charge in [-0.25, -0.2) is 13.9 Å². The van der Waals surface area contributed by atoms with E-state index >= 15 is 0 Å². The number of anilines is 1. The van der Waals surface area contributed by atoms with Gasteiger partial charge < -0.3 is 5.32 Å². The molecule has 1 amide bonds. The topological polar surface area (TPSA) is 103 Å². The summed E-state index contributed by atoms with van der Waals surface area (Å²) in [6.07, 6.45) is 0.974. The number of carbonyl (C=O) groups is 1. The fourth-order valence-electron chi connectivity index (χ4n) is 4.45. The third kappa shape index (κ3) is 4.23. The van der Waals surface area contributed by atoms with Crippen LogP contribution in [0.15, 0.2) is 53.3 Å². The zero-order valence-corrected chi connectivity index (χ0v) is 19.6. The molecule has 0 aliphatic carbocycles. The highest BCUT2D eigenvalue weighted by Crippen LogP contribution is 2.25. The first kappa shape index (κ1) is 22.6. The molecular formula is C25H26FN7O2. The summed E-state index contributed by atoms with van der Waals surface area (Å²) in [5.74, 6) is -0.0634. The van der Waals surface area contributed by atoms with E-state index in [-0.39, 0.29) is 30.4 Å². The fraction of sp³-hybridized carbons (Fsp3) is 0.280. The molecule has 0 unspecified atom stereocenters. The number of aromatic nitrogens is 6. The van der Waals surface area contributed by atoms with E-state index in [1.54, 1.807) is 25.9 Å². The molecule has 0 saturated heterocycles. The number of para-hydroxylation sites is 2. The highest BCUT2D eigenvalue weighted by atomic mass is 19.1. The Hall–Kier alpha value is -4.21. The standard InChI is InChI=1S/C25H26FN7O2/c1-3-13-31-19-6-4-5-7-20(19)32(25(31)35)14-12-21(34)27-23-22-16(2)30-33(24(22)29-28-23)15-17-8-10-18(26)11-9-17/h4-11H,3,12-15H2,1-2H3,(H2,27,28,29,34). The number of amides is 1. The number of benzene rings is 2. The Morgan fingerprint density at radius 1 is 1.06 bits per heavy atom. The first-order valence-corrected chi connectivity index (χ1v) is 11.6. The lowest BCUT2D eigenvalue weighted by Crippen LogP contribution is -2.26. The van der Waals surface area contributed by atoms with Crippen molar-refractivity contribution in [3.8, 4) is 0 Å². The van der Waals surface area contributed by atoms with Gasteiger partial charge in [0.25, 0.3) is 0 Å². The molecule has 3 aromatic heterocycles. The van der Waals surface area contributed by atoms with Gasteiger partial charge in [-0.05, 0) is 43.2 Å². The molecule has 0 aliphatic heterocycles. The van der Waals surface area contributed by atoms with Crippen molar-refractivity contribution in [2.24, 2.45) is 0 Å². The molecule has 5 rings (SSSR count). The first-order valence-electron chi connectivity index (χ1n) is 11.6. The van der Waals surface area contributed by atoms with Gasteiger partial charge in [0, 0.05) is 19.5 Å². The molecule has 3 heterocycles. The molecule has 0 aliphatic rings. The van der Waals surface area contributed by atoms with Crippen LogP contribution in [0.5, 0.6) is 0 Å². The van der Waals surface area contributed by atoms with E-state index in [2.05, 4.69) is 20.6 Å². The largest absolute Gasteiger partial charge is 0.329 e. The molecule has 180 valence electrons. The quantitative estimate of drug-likeness (QED) is 0.356. The van der Waals surface area contributed by atoms with E-state index in [4.69, 9.17) is 0 Å². The van der Waals surface area contributed by atoms with Crippen LogP contribution in [0.2, 0.25) is 0 Å². The second-order valence-corrected chi connectivity index (χ2v) is 8.54. The Morgan fingerprint density at radius 2 is 1.74 bits per heavy atom. The Kier molecular flexibility index (Phi) is 5.94. The minimum Gasteiger partial charge on any atom is -0.310 e. The zero-order chi connectivity index (χ0) is 24.5. The number of halogens is 1. The van der Waals surface area contributed by atoms with Crippen LogP contribution >= 0.6 is 0 Å². The number of aromatic amines is 1. The Morgan fingerprint density at radius 3 is 2.43 bits per heavy atom. The van der Waals surface area contributed by atoms with Gasteiger partial charge in [0.1, 0.15) is 11.6 Å². The van der Waals surface area contributed by atoms with Crippen LogP contribution in [0.1, 0.15) is 31.0 Å². The number of hydrogen-bond acceptors (Lipinski definition) is 4. The Balaban J connectivity index is 1.33. The van der Waals surface area contributed by atoms with Crippen LogP contribution in [0.4, 0.5) is 10.2 Å². The van der Waals surface area contributed by atoms with Gasteiger partial charge in [-0.3, -0.25) is 19.0 Å². The summed E-state index contributed by atoms with van der Waals surface area (Å²) in [5.41, 5.74) is 3.78. The van der Waals surface area contributed by atoms with Crippen molar-refractivity contribution >= 4 is 33.8 Å². The van der Waals surface area contributed by atoms with Crippen LogP contribution in [-0.4, -0.2) is 35.0 Å². The molecule has 2 aromatic carbocycles. The summed E-state index contributed by atoms with van der Waals surface area (Å²) < 4.78 is 18.3. The number of nitrogens with zero attached hydrogens (tertiary/aromatic N) is 5. The van der Waals surface area contributed by atoms with Crippen LogP contribution in [0, 0.1) is 12.7 Å². The maximum atomic E-state index is 13.2. The monoisotopic (exact) mass is 475 g/mol. The van der Waals surface area contributed by atoms with E-state index in [9.17, 15) is 14.0 Å². The van der Waals surface area contributed by atoms with Gasteiger partial charge in [-0.1, -0.05) is 31.2 Å². The molecule has 0 spiro atoms. The van der Waals surface area contributed by atoms with Crippen molar-refractivity contribution in [2.45, 2.75) is 46.3 Å². The van der Waals surface area contributed by atoms with Crippen molar-refractivity contribution in [2.75, 3.05) is 5.32 Å². The Bertz CT molecular complexity index is 1570. The molecular weight excluding hydrogens is 449 g/mol. The highest BCUT2D eigenvalue weighted by Gasteiger charge is 2.18. The second kappa shape index (κ2) is 9.21. The number of rotatable bonds is 8. The van der Waals surface area contributed by atoms with Crippen molar-refractivity contribution in [3.05, 3.63) is 76.1 Å². The molecule has 5 aromatic rings. The summed E-state index contributed by atoms with van der Waals surface area (Å²) in [4.78, 5) is 25.7. The summed E-state index contributed by atoms with van der Waals surface area (Å²) in [6, 6.07) is 13.8. The molecule has 0 bridgehead atoms. The summed E-state index contributed by atoms with van der Waals surface area (Å²) >= 11 is 0. The van der Waals surface area contributed by atoms with E-state index in [0.29, 0.717) is 30.2 Å². The van der Waals surface area contributed by atoms with E-state index in [1.165, 1.54) is 12.1 Å². The molecule has 2 N–H and O–H groups in total. The summed E-state index contributed by atoms with van der Waals surface area (Å²) in [5, 5.41) is 15.4. The van der Waals surface area contributed by atoms with Crippen LogP contribution in [0.25, 0.3) is 22.1 Å². The maximum Gasteiger partial charge on any atom is 0.329 e. The second-order valence-electron chi connectivity index (χ2n) is 8.54. The van der Waals surface area contributed by atoms with Crippen molar-refractivity contribution in [3.63, 3.8) is 0 Å². The lowest BCUT2D eigenvalue weighted by Gasteiger charge is -2.05. The van der Waals surface area contributed by atoms with Crippen molar-refractivity contribution in [1.29, 1.82) is 0 Å². The number of H-pyrrole nitrogens is 1. The predicted octanol–water partition coefficient (Wildman–Crippen LogP) is 3.81. The smallest absolute Gasteiger partial charge is 0.310 e. The van der Waals surface area contributed by atoms with Crippen molar-refractivity contribution in [1.82, 2.24) is 29.1 Å². The third-order valence-corrected chi connectivity index (χ3v) is 6.07. The minimum atomic E-state index is -0.294. The van der Waals surface area contributed by atoms with Gasteiger partial charge in [0.15, 0.2) is 5.65 Å². The van der Waals surface area contributed by atoms with Crippen LogP contribution in [0.3, 0.4) is 0 Å². The predicted molar refractivity (Wildman–Crippen MR) is 132 cm³/mol. The molecule has 0 saturated carbocycles. The third-order valence-electron chi connectivity index (χ3n) is 6.07. The molecule has 0 radical (unpaired) electrons. The van der Waals surface area contributed by atoms with E-state index in [1.807, 2.05) is 38.1 Å². The minimum absolute atomic E-state index is 0.109. The lowest BCUT2D eigenvalue weighted by molar-refractivity contribution is -0.116. The van der Waals surface area contributed by atoms with Gasteiger partial charge in [0.05, 0.1) is 28.7 Å². The fourth-order valence-corrected chi connectivity index (χ4v) is 4.45. The van der Waals surface area contributed by atoms with Crippen LogP contribution < -0.4 is 11.0 Å². The maximum absolute atomic E-state index is 13.2. The number of nitrogens with one attached hydrogen (secondary N) is 2. The summed E-state index contributed by atoms with van der Waals surface area (Å²) in [7, 11) is 0. The lowest BCUT2D eigenvalue weighted by atomic mass is 10.2. The van der Waals surface area contributed by atoms with Gasteiger partial charge >= 0.3 is 5.69 Å². The average Bonchev–Trinajstić information content (AvgIpc) is 3.48. The SMILES string of the molecule is CCCn1c(=O)n(CCC(=O)Nc2[nH]nc3c2c(C)nn3Cc2ccc(F)cc2)c2ccccc21. The Labute approximate surface area is 200 Å². The number of hydrogen-bond donors (Lipinski definition) is 2. The van der Waals surface area contributed by atoms with Gasteiger partial charge in [0.2, 0.25) is 5.91 Å². The molecule has 0 atom stereocenters. The van der Waals surface area contributed by atoms with Crippen LogP contribution in [-0.2, 0) is 24.4 Å². The van der Waals surface area contributed by atoms with Gasteiger partial charge in [-0.2, -0.15) is 10.2 Å². The zero-order valence-electron chi connectivity index (χ0n) is 19.6. The van der Waals surface area contributed by atoms with Gasteiger partial charge in [-0.15, -0.1) is 0 Å². The van der Waals surface area contributed by atoms with Crippen molar-refractivity contribution < 1.29 is 9.18 Å². The highest BCUT2D eigenvalue weighted by molar-refractivity contribution is 5.99. The number of aryl methyl sites for hydroxylation is 3. The molecule has 35 heavy (non-hydrogen) atoms. The normalized spacial score (nSPS) is 11.5. The van der Waals surface area contributed by atoms with E-state index in [0.717, 1.165) is 28.4 Å². The molecule has 0 fully saturated rings. The number of fused-ring (bicyclic) bond motifs is 2. The molecule has 9 nitrogen and oxygen atoms in total. The number of imidazole rings is 1. The average molecular weight is 476 g/mol. The number of carbonyl (C=O) groups excluding carboxylic acids is 1. The first-order chi connectivity index (χ1) is 17.0.